The van der Waals surface area contributed by atoms with Crippen LogP contribution in [0.5, 0.6) is 0 Å². The van der Waals surface area contributed by atoms with Gasteiger partial charge in [0.1, 0.15) is 6.10 Å². The van der Waals surface area contributed by atoms with Crippen LogP contribution in [0.1, 0.15) is 168 Å². The largest absolute Gasteiger partial charge is 1.00 e. The van der Waals surface area contributed by atoms with Crippen molar-refractivity contribution in [2.24, 2.45) is 0 Å². The Morgan fingerprint density at radius 3 is 1.14 bits per heavy atom. The third-order valence-electron chi connectivity index (χ3n) is 6.85. The zero-order valence-electron chi connectivity index (χ0n) is 24.2. The van der Waals surface area contributed by atoms with E-state index in [-0.39, 0.29) is 51.4 Å². The van der Waals surface area contributed by atoms with Gasteiger partial charge >= 0.3 is 57.4 Å². The smallest absolute Gasteiger partial charge is 0.748 e. The summed E-state index contributed by atoms with van der Waals surface area (Å²) >= 11 is 0. The predicted molar refractivity (Wildman–Crippen MR) is 147 cm³/mol. The molecule has 0 aromatic heterocycles. The summed E-state index contributed by atoms with van der Waals surface area (Å²) < 4.78 is 37.7. The summed E-state index contributed by atoms with van der Waals surface area (Å²) in [6.07, 6.45) is 30.2. The Morgan fingerprint density at radius 2 is 0.889 bits per heavy atom. The fourth-order valence-electron chi connectivity index (χ4n) is 4.80. The minimum Gasteiger partial charge on any atom is -0.748 e. The number of unbranched alkanes of at least 4 members (excludes halogenated alkanes) is 22. The first kappa shape index (κ1) is 39.2. The second-order valence-corrected chi connectivity index (χ2v) is 12.0. The molecular formula is C29H57KO5S. The number of carbonyl (C=O) groups excluding carboxylic acids is 1. The van der Waals surface area contributed by atoms with Crippen LogP contribution in [0.25, 0.3) is 0 Å². The van der Waals surface area contributed by atoms with Gasteiger partial charge in [-0.2, -0.15) is 0 Å². The summed E-state index contributed by atoms with van der Waals surface area (Å²) in [5.41, 5.74) is 0. The molecule has 0 aliphatic carbocycles. The Labute approximate surface area is 267 Å². The quantitative estimate of drug-likeness (QED) is 0.0548. The van der Waals surface area contributed by atoms with E-state index in [1.54, 1.807) is 0 Å². The van der Waals surface area contributed by atoms with Gasteiger partial charge in [0.15, 0.2) is 0 Å². The van der Waals surface area contributed by atoms with Crippen LogP contribution in [0.2, 0.25) is 0 Å². The zero-order valence-corrected chi connectivity index (χ0v) is 28.1. The predicted octanol–water partition coefficient (Wildman–Crippen LogP) is 5.85. The number of rotatable bonds is 27. The van der Waals surface area contributed by atoms with Crippen molar-refractivity contribution in [1.82, 2.24) is 0 Å². The van der Waals surface area contributed by atoms with Crippen LogP contribution in [-0.2, 0) is 19.6 Å². The monoisotopic (exact) mass is 556 g/mol. The Morgan fingerprint density at radius 1 is 0.611 bits per heavy atom. The van der Waals surface area contributed by atoms with Crippen molar-refractivity contribution in [2.75, 3.05) is 5.75 Å². The molecule has 0 aromatic carbocycles. The minimum atomic E-state index is -4.37. The second-order valence-electron chi connectivity index (χ2n) is 10.5. The summed E-state index contributed by atoms with van der Waals surface area (Å²) in [5.74, 6) is -1.15. The molecule has 0 rings (SSSR count). The van der Waals surface area contributed by atoms with Crippen molar-refractivity contribution in [3.63, 3.8) is 0 Å². The summed E-state index contributed by atoms with van der Waals surface area (Å²) in [6.45, 7) is 3.52. The summed E-state index contributed by atoms with van der Waals surface area (Å²) in [4.78, 5) is 11.1. The summed E-state index contributed by atoms with van der Waals surface area (Å²) in [6, 6.07) is 0. The van der Waals surface area contributed by atoms with Crippen LogP contribution >= 0.6 is 0 Å². The fraction of sp³-hybridized carbons (Fsp3) is 0.966. The third kappa shape index (κ3) is 33.0. The molecule has 7 heteroatoms. The topological polar surface area (TPSA) is 83.5 Å². The average Bonchev–Trinajstić information content (AvgIpc) is 2.78. The molecule has 0 aliphatic rings. The molecule has 0 bridgehead atoms. The molecule has 5 nitrogen and oxygen atoms in total. The first-order chi connectivity index (χ1) is 16.8. The normalized spacial score (nSPS) is 12.3. The summed E-state index contributed by atoms with van der Waals surface area (Å²) in [7, 11) is -4.37. The van der Waals surface area contributed by atoms with Crippen molar-refractivity contribution in [3.8, 4) is 0 Å². The van der Waals surface area contributed by atoms with Crippen LogP contribution in [0.15, 0.2) is 0 Å². The maximum Gasteiger partial charge on any atom is 1.00 e. The molecule has 0 saturated heterocycles. The van der Waals surface area contributed by atoms with E-state index >= 15 is 0 Å². The van der Waals surface area contributed by atoms with E-state index in [9.17, 15) is 17.8 Å². The number of ether oxygens (including phenoxy) is 1. The Bertz CT molecular complexity index is 568. The molecule has 0 saturated carbocycles. The number of esters is 1. The maximum absolute atomic E-state index is 11.1. The molecule has 210 valence electrons. The van der Waals surface area contributed by atoms with Crippen molar-refractivity contribution < 1.29 is 73.9 Å². The van der Waals surface area contributed by atoms with Crippen molar-refractivity contribution in [3.05, 3.63) is 0 Å². The van der Waals surface area contributed by atoms with Crippen LogP contribution in [0.4, 0.5) is 0 Å². The molecular weight excluding hydrogens is 499 g/mol. The van der Waals surface area contributed by atoms with Gasteiger partial charge in [-0.15, -0.1) is 0 Å². The van der Waals surface area contributed by atoms with E-state index in [2.05, 4.69) is 6.92 Å². The molecule has 0 spiro atoms. The van der Waals surface area contributed by atoms with Crippen molar-refractivity contribution in [2.45, 2.75) is 174 Å². The first-order valence-corrected chi connectivity index (χ1v) is 16.5. The van der Waals surface area contributed by atoms with Crippen LogP contribution in [0, 0.1) is 0 Å². The molecule has 0 N–H and O–H groups in total. The first-order valence-electron chi connectivity index (χ1n) is 15.0. The third-order valence-corrected chi connectivity index (χ3v) is 7.63. The van der Waals surface area contributed by atoms with Gasteiger partial charge in [-0.1, -0.05) is 148 Å². The fourth-order valence-corrected chi connectivity index (χ4v) is 5.49. The SMILES string of the molecule is CCCCCCCCCCCCCCCCCCCCCCCCCC(CS(=O)(=O)[O-])OC(C)=O.[K+]. The Kier molecular flexibility index (Phi) is 31.6. The van der Waals surface area contributed by atoms with E-state index < -0.39 is 27.9 Å². The van der Waals surface area contributed by atoms with E-state index in [4.69, 9.17) is 4.74 Å². The molecule has 0 radical (unpaired) electrons. The van der Waals surface area contributed by atoms with Gasteiger partial charge in [0, 0.05) is 6.92 Å². The van der Waals surface area contributed by atoms with Gasteiger partial charge in [0.05, 0.1) is 15.9 Å². The maximum atomic E-state index is 11.1. The second kappa shape index (κ2) is 29.0. The van der Waals surface area contributed by atoms with E-state index in [1.807, 2.05) is 0 Å². The van der Waals surface area contributed by atoms with Gasteiger partial charge < -0.3 is 9.29 Å². The van der Waals surface area contributed by atoms with Crippen LogP contribution in [-0.4, -0.2) is 30.8 Å². The van der Waals surface area contributed by atoms with Crippen molar-refractivity contribution >= 4 is 16.1 Å². The number of hydrogen-bond donors (Lipinski definition) is 0. The number of hydrogen-bond acceptors (Lipinski definition) is 5. The summed E-state index contributed by atoms with van der Waals surface area (Å²) in [5, 5.41) is 0. The van der Waals surface area contributed by atoms with Gasteiger partial charge in [-0.25, -0.2) is 8.42 Å². The van der Waals surface area contributed by atoms with Gasteiger partial charge in [-0.3, -0.25) is 4.79 Å². The van der Waals surface area contributed by atoms with Crippen LogP contribution < -0.4 is 51.4 Å². The molecule has 0 aromatic rings. The van der Waals surface area contributed by atoms with Gasteiger partial charge in [0.2, 0.25) is 0 Å². The van der Waals surface area contributed by atoms with E-state index in [1.165, 1.54) is 135 Å². The molecule has 0 fully saturated rings. The molecule has 1 unspecified atom stereocenters. The molecule has 0 amide bonds. The molecule has 0 heterocycles. The Hall–Kier alpha value is 1.02. The zero-order chi connectivity index (χ0) is 26.0. The minimum absolute atomic E-state index is 0. The van der Waals surface area contributed by atoms with E-state index in [0.717, 1.165) is 19.3 Å². The molecule has 36 heavy (non-hydrogen) atoms. The Balaban J connectivity index is 0. The van der Waals surface area contributed by atoms with Gasteiger partial charge in [-0.05, 0) is 12.8 Å². The average molecular weight is 557 g/mol. The molecule has 0 aliphatic heterocycles. The molecule has 1 atom stereocenters. The van der Waals surface area contributed by atoms with Crippen molar-refractivity contribution in [1.29, 1.82) is 0 Å². The standard InChI is InChI=1S/C29H58O5S.K/c1-3-4-5-6-7-8-9-10-11-12-13-14-15-16-17-18-19-20-21-22-23-24-25-26-29(34-28(2)30)27-35(31,32)33;/h29H,3-27H2,1-2H3,(H,31,32,33);/q;+1/p-1. The van der Waals surface area contributed by atoms with Gasteiger partial charge in [0.25, 0.3) is 0 Å². The number of carbonyl (C=O) groups is 1. The van der Waals surface area contributed by atoms with Crippen LogP contribution in [0.3, 0.4) is 0 Å². The van der Waals surface area contributed by atoms with E-state index in [0.29, 0.717) is 6.42 Å².